The Bertz CT molecular complexity index is 2890. The fourth-order valence-electron chi connectivity index (χ4n) is 8.24. The molecule has 2 atom stereocenters. The molecule has 2 N–H and O–H groups in total. The second-order valence-corrected chi connectivity index (χ2v) is 18.1. The number of fused-ring (bicyclic) bond motifs is 7. The number of aliphatic hydroxyl groups excluding tert-OH is 1. The van der Waals surface area contributed by atoms with E-state index in [0.717, 1.165) is 37.3 Å². The van der Waals surface area contributed by atoms with Crippen LogP contribution >= 0.6 is 34.5 Å². The van der Waals surface area contributed by atoms with Gasteiger partial charge in [0.1, 0.15) is 47.8 Å². The molecule has 0 saturated carbocycles. The summed E-state index contributed by atoms with van der Waals surface area (Å²) in [6.45, 7) is 7.76. The van der Waals surface area contributed by atoms with Crippen molar-refractivity contribution < 1.29 is 38.3 Å². The molecule has 3 aromatic heterocycles. The molecule has 0 radical (unpaired) electrons. The minimum absolute atomic E-state index is 0.0188. The summed E-state index contributed by atoms with van der Waals surface area (Å²) in [6.07, 6.45) is 0.794. The molecule has 10 rings (SSSR count). The van der Waals surface area contributed by atoms with Gasteiger partial charge in [-0.15, -0.1) is 11.3 Å². The van der Waals surface area contributed by atoms with Gasteiger partial charge in [-0.25, -0.2) is 29.1 Å². The van der Waals surface area contributed by atoms with Gasteiger partial charge >= 0.3 is 5.97 Å². The van der Waals surface area contributed by atoms with Crippen molar-refractivity contribution in [2.45, 2.75) is 45.7 Å². The highest BCUT2D eigenvalue weighted by atomic mass is 35.5. The first kappa shape index (κ1) is 45.2. The molecule has 3 aliphatic heterocycles. The van der Waals surface area contributed by atoms with Crippen LogP contribution in [0, 0.1) is 19.7 Å². The summed E-state index contributed by atoms with van der Waals surface area (Å²) >= 11 is 16.0. The molecule has 17 heteroatoms. The lowest BCUT2D eigenvalue weighted by molar-refractivity contribution is -0.145. The number of nitrogens with zero attached hydrogens (tertiary/aromatic N) is 6. The normalized spacial score (nSPS) is 16.9. The number of hydrogen-bond donors (Lipinski definition) is 2. The number of carboxylic acids is 1. The van der Waals surface area contributed by atoms with Gasteiger partial charge in [-0.2, -0.15) is 0 Å². The number of carbonyl (C=O) groups is 1. The van der Waals surface area contributed by atoms with Crippen LogP contribution in [-0.2, 0) is 24.4 Å². The number of likely N-dealkylation sites (N-methyl/N-ethyl adjacent to an activating group) is 1. The first-order chi connectivity index (χ1) is 31.9. The molecule has 66 heavy (non-hydrogen) atoms. The van der Waals surface area contributed by atoms with E-state index < -0.39 is 24.0 Å². The van der Waals surface area contributed by atoms with Crippen LogP contribution in [0.4, 0.5) is 4.39 Å². The highest BCUT2D eigenvalue weighted by molar-refractivity contribution is 7.22. The van der Waals surface area contributed by atoms with E-state index in [1.165, 1.54) is 29.8 Å². The summed E-state index contributed by atoms with van der Waals surface area (Å²) in [5.41, 5.74) is 5.85. The number of piperazine rings is 1. The summed E-state index contributed by atoms with van der Waals surface area (Å²) in [7, 11) is 2.10. The third-order valence-corrected chi connectivity index (χ3v) is 13.9. The first-order valence-electron chi connectivity index (χ1n) is 21.3. The molecule has 340 valence electrons. The van der Waals surface area contributed by atoms with Crippen molar-refractivity contribution >= 4 is 50.7 Å². The van der Waals surface area contributed by atoms with Gasteiger partial charge < -0.3 is 34.1 Å². The summed E-state index contributed by atoms with van der Waals surface area (Å²) in [6, 6.07) is 20.4. The van der Waals surface area contributed by atoms with Crippen LogP contribution in [0.1, 0.15) is 27.9 Å². The predicted molar refractivity (Wildman–Crippen MR) is 252 cm³/mol. The fraction of sp³-hybridized carbons (Fsp3) is 0.286. The Hall–Kier alpha value is -5.94. The SMILES string of the molecule is Cc1c(Cl)c2c(Cl)c(C)c1-c1c(-c3ccc(F)cc3)sc3ncnc(c13)O[C@@H](C(=O)O)Cc1cc(ccc1OCc1ccnc(-c3ccc(CO)cc3)n1)OC[C@@H](CN1CCN(C)CC1)O2. The summed E-state index contributed by atoms with van der Waals surface area (Å²) in [5.74, 6) is -0.00377. The van der Waals surface area contributed by atoms with Crippen LogP contribution in [0.2, 0.25) is 10.0 Å². The molecule has 1 saturated heterocycles. The number of aromatic nitrogens is 4. The van der Waals surface area contributed by atoms with E-state index in [1.54, 1.807) is 42.6 Å². The second-order valence-electron chi connectivity index (χ2n) is 16.3. The zero-order valence-corrected chi connectivity index (χ0v) is 38.6. The van der Waals surface area contributed by atoms with Gasteiger partial charge in [-0.1, -0.05) is 59.6 Å². The molecule has 13 nitrogen and oxygen atoms in total. The Morgan fingerprint density at radius 1 is 0.909 bits per heavy atom. The van der Waals surface area contributed by atoms with E-state index >= 15 is 0 Å². The van der Waals surface area contributed by atoms with E-state index in [4.69, 9.17) is 47.1 Å². The minimum atomic E-state index is -1.48. The van der Waals surface area contributed by atoms with Gasteiger partial charge in [0.15, 0.2) is 11.6 Å². The van der Waals surface area contributed by atoms with Crippen molar-refractivity contribution in [1.29, 1.82) is 0 Å². The van der Waals surface area contributed by atoms with Crippen LogP contribution in [0.5, 0.6) is 23.1 Å². The second kappa shape index (κ2) is 19.5. The van der Waals surface area contributed by atoms with Crippen LogP contribution < -0.4 is 18.9 Å². The third-order valence-electron chi connectivity index (χ3n) is 11.8. The minimum Gasteiger partial charge on any atom is -0.490 e. The molecule has 1 fully saturated rings. The molecular formula is C49H45Cl2FN6O7S. The molecule has 7 aromatic rings. The van der Waals surface area contributed by atoms with Crippen molar-refractivity contribution in [2.24, 2.45) is 0 Å². The predicted octanol–water partition coefficient (Wildman–Crippen LogP) is 9.08. The molecule has 6 heterocycles. The molecule has 0 spiro atoms. The Kier molecular flexibility index (Phi) is 13.4. The number of rotatable bonds is 9. The molecule has 0 unspecified atom stereocenters. The van der Waals surface area contributed by atoms with Crippen molar-refractivity contribution in [3.05, 3.63) is 129 Å². The number of carboxylic acid groups (broad SMARTS) is 1. The van der Waals surface area contributed by atoms with E-state index in [1.807, 2.05) is 38.1 Å². The highest BCUT2D eigenvalue weighted by Crippen LogP contribution is 2.53. The Labute approximate surface area is 394 Å². The van der Waals surface area contributed by atoms with E-state index in [0.29, 0.717) is 93.8 Å². The standard InChI is InChI=1S/C49H45Cl2FN6O7S/c1-27-39-28(2)43(51)44(42(27)50)64-36(22-58-18-16-57(3)17-19-58)25-62-35-12-13-37(63-24-34-14-15-53-46(56-34)31-6-4-29(23-59)5-7-31)32(20-35)21-38(49(60)61)65-47-41-40(39)45(66-48(41)55-26-54-47)30-8-10-33(52)11-9-30/h4-15,20,26,36,38,59H,16-19,21-25H2,1-3H3,(H,60,61)/t36-,38-/m1/s1. The lowest BCUT2D eigenvalue weighted by Crippen LogP contribution is -2.49. The molecule has 0 aliphatic carbocycles. The maximum Gasteiger partial charge on any atom is 0.345 e. The maximum atomic E-state index is 14.4. The van der Waals surface area contributed by atoms with Gasteiger partial charge in [0.05, 0.1) is 27.7 Å². The average molecular weight is 952 g/mol. The lowest BCUT2D eigenvalue weighted by Gasteiger charge is -2.35. The monoisotopic (exact) mass is 950 g/mol. The average Bonchev–Trinajstić information content (AvgIpc) is 3.71. The van der Waals surface area contributed by atoms with Crippen molar-refractivity contribution in [1.82, 2.24) is 29.7 Å². The smallest absolute Gasteiger partial charge is 0.345 e. The van der Waals surface area contributed by atoms with Crippen molar-refractivity contribution in [3.8, 4) is 56.1 Å². The Morgan fingerprint density at radius 3 is 2.35 bits per heavy atom. The maximum absolute atomic E-state index is 14.4. The number of aliphatic hydroxyl groups is 1. The molecule has 3 aliphatic rings. The number of halogens is 3. The van der Waals surface area contributed by atoms with Crippen LogP contribution in [0.15, 0.2) is 85.3 Å². The van der Waals surface area contributed by atoms with Gasteiger partial charge in [0.25, 0.3) is 0 Å². The van der Waals surface area contributed by atoms with Crippen molar-refractivity contribution in [3.63, 3.8) is 0 Å². The van der Waals surface area contributed by atoms with Gasteiger partial charge in [-0.3, -0.25) is 4.90 Å². The van der Waals surface area contributed by atoms with Crippen LogP contribution in [0.25, 0.3) is 43.2 Å². The van der Waals surface area contributed by atoms with Crippen LogP contribution in [-0.4, -0.2) is 105 Å². The number of benzene rings is 4. The molecule has 4 aromatic carbocycles. The quantitative estimate of drug-likeness (QED) is 0.142. The fourth-order valence-corrected chi connectivity index (χ4v) is 9.90. The van der Waals surface area contributed by atoms with Crippen molar-refractivity contribution in [2.75, 3.05) is 46.4 Å². The highest BCUT2D eigenvalue weighted by Gasteiger charge is 2.32. The van der Waals surface area contributed by atoms with E-state index in [2.05, 4.69) is 31.8 Å². The van der Waals surface area contributed by atoms with Gasteiger partial charge in [-0.05, 0) is 85.1 Å². The Morgan fingerprint density at radius 2 is 1.64 bits per heavy atom. The van der Waals surface area contributed by atoms with Crippen LogP contribution in [0.3, 0.4) is 0 Å². The first-order valence-corrected chi connectivity index (χ1v) is 22.9. The van der Waals surface area contributed by atoms with Gasteiger partial charge in [0, 0.05) is 66.9 Å². The van der Waals surface area contributed by atoms with E-state index in [-0.39, 0.29) is 32.1 Å². The molecular weight excluding hydrogens is 907 g/mol. The molecule has 4 bridgehead atoms. The zero-order chi connectivity index (χ0) is 46.1. The molecule has 0 amide bonds. The zero-order valence-electron chi connectivity index (χ0n) is 36.3. The number of thiophene rings is 1. The van der Waals surface area contributed by atoms with Gasteiger partial charge in [0.2, 0.25) is 12.0 Å². The number of hydrogen-bond acceptors (Lipinski definition) is 13. The third kappa shape index (κ3) is 9.50. The largest absolute Gasteiger partial charge is 0.490 e. The number of aliphatic carboxylic acids is 1. The summed E-state index contributed by atoms with van der Waals surface area (Å²) in [5, 5.41) is 21.4. The van der Waals surface area contributed by atoms with E-state index in [9.17, 15) is 19.4 Å². The lowest BCUT2D eigenvalue weighted by atomic mass is 9.92. The Balaban J connectivity index is 1.16. The summed E-state index contributed by atoms with van der Waals surface area (Å²) < 4.78 is 40.6. The topological polar surface area (TPSA) is 152 Å². The number of ether oxygens (including phenoxy) is 4. The summed E-state index contributed by atoms with van der Waals surface area (Å²) in [4.78, 5) is 37.4.